The lowest BCUT2D eigenvalue weighted by atomic mass is 10.1. The average Bonchev–Trinajstić information content (AvgIpc) is 3.14. The summed E-state index contributed by atoms with van der Waals surface area (Å²) in [5, 5.41) is 0. The van der Waals surface area contributed by atoms with Crippen LogP contribution in [0.15, 0.2) is 72.9 Å². The Morgan fingerprint density at radius 3 is 1.23 bits per heavy atom. The molecule has 0 rings (SSSR count). The van der Waals surface area contributed by atoms with E-state index >= 15 is 0 Å². The van der Waals surface area contributed by atoms with E-state index in [0.717, 1.165) is 96.3 Å². The summed E-state index contributed by atoms with van der Waals surface area (Å²) in [6.07, 6.45) is 49.0. The molecule has 0 spiro atoms. The highest BCUT2D eigenvalue weighted by molar-refractivity contribution is 5.71. The lowest BCUT2D eigenvalue weighted by Crippen LogP contribution is -2.30. The molecule has 0 aromatic rings. The fraction of sp³-hybridized carbons (Fsp3) is 0.674. The Labute approximate surface area is 319 Å². The van der Waals surface area contributed by atoms with E-state index in [9.17, 15) is 14.4 Å². The number of hydrogen-bond acceptors (Lipinski definition) is 6. The molecule has 0 heterocycles. The molecule has 0 fully saturated rings. The van der Waals surface area contributed by atoms with Crippen molar-refractivity contribution < 1.29 is 28.6 Å². The lowest BCUT2D eigenvalue weighted by Gasteiger charge is -2.18. The molecule has 0 aromatic carbocycles. The number of esters is 3. The molecular weight excluding hydrogens is 648 g/mol. The van der Waals surface area contributed by atoms with E-state index in [0.29, 0.717) is 19.3 Å². The van der Waals surface area contributed by atoms with Crippen LogP contribution in [0.25, 0.3) is 0 Å². The predicted octanol–water partition coefficient (Wildman–Crippen LogP) is 13.1. The molecule has 1 atom stereocenters. The molecule has 0 radical (unpaired) electrons. The van der Waals surface area contributed by atoms with Gasteiger partial charge in [0, 0.05) is 19.3 Å². The summed E-state index contributed by atoms with van der Waals surface area (Å²) in [6.45, 7) is 6.27. The van der Waals surface area contributed by atoms with E-state index in [2.05, 4.69) is 93.7 Å². The summed E-state index contributed by atoms with van der Waals surface area (Å²) in [4.78, 5) is 37.5. The molecular formula is C46H76O6. The third-order valence-corrected chi connectivity index (χ3v) is 8.43. The van der Waals surface area contributed by atoms with Crippen LogP contribution in [0.1, 0.15) is 181 Å². The first kappa shape index (κ1) is 48.9. The first-order valence-corrected chi connectivity index (χ1v) is 20.9. The predicted molar refractivity (Wildman–Crippen MR) is 219 cm³/mol. The fourth-order valence-corrected chi connectivity index (χ4v) is 5.31. The van der Waals surface area contributed by atoms with E-state index in [-0.39, 0.29) is 37.5 Å². The summed E-state index contributed by atoms with van der Waals surface area (Å²) in [7, 11) is 0. The highest BCUT2D eigenvalue weighted by atomic mass is 16.6. The van der Waals surface area contributed by atoms with Crippen LogP contribution in [-0.4, -0.2) is 37.2 Å². The van der Waals surface area contributed by atoms with Gasteiger partial charge in [-0.3, -0.25) is 14.4 Å². The van der Waals surface area contributed by atoms with Crippen molar-refractivity contribution in [2.75, 3.05) is 13.2 Å². The number of carbonyl (C=O) groups excluding carboxylic acids is 3. The van der Waals surface area contributed by atoms with Gasteiger partial charge >= 0.3 is 17.9 Å². The second-order valence-electron chi connectivity index (χ2n) is 13.5. The molecule has 0 aliphatic rings. The van der Waals surface area contributed by atoms with E-state index in [1.54, 1.807) is 0 Å². The third-order valence-electron chi connectivity index (χ3n) is 8.43. The Bertz CT molecular complexity index is 1020. The van der Waals surface area contributed by atoms with Gasteiger partial charge in [0.2, 0.25) is 0 Å². The van der Waals surface area contributed by atoms with Crippen molar-refractivity contribution in [2.45, 2.75) is 187 Å². The molecule has 1 unspecified atom stereocenters. The first-order valence-electron chi connectivity index (χ1n) is 20.9. The highest BCUT2D eigenvalue weighted by Crippen LogP contribution is 2.11. The summed E-state index contributed by atoms with van der Waals surface area (Å²) >= 11 is 0. The van der Waals surface area contributed by atoms with Gasteiger partial charge in [0.15, 0.2) is 6.10 Å². The van der Waals surface area contributed by atoms with Gasteiger partial charge in [-0.1, -0.05) is 132 Å². The zero-order valence-electron chi connectivity index (χ0n) is 33.5. The van der Waals surface area contributed by atoms with Gasteiger partial charge in [0.05, 0.1) is 0 Å². The van der Waals surface area contributed by atoms with Crippen LogP contribution < -0.4 is 0 Å². The smallest absolute Gasteiger partial charge is 0.306 e. The summed E-state index contributed by atoms with van der Waals surface area (Å²) in [5.41, 5.74) is 0. The van der Waals surface area contributed by atoms with Gasteiger partial charge in [-0.25, -0.2) is 0 Å². The van der Waals surface area contributed by atoms with E-state index in [1.165, 1.54) is 38.5 Å². The molecule has 0 aliphatic heterocycles. The maximum atomic E-state index is 12.6. The molecule has 0 aromatic heterocycles. The van der Waals surface area contributed by atoms with Crippen LogP contribution in [0, 0.1) is 0 Å². The van der Waals surface area contributed by atoms with Crippen molar-refractivity contribution in [3.05, 3.63) is 72.9 Å². The quantitative estimate of drug-likeness (QED) is 0.0277. The van der Waals surface area contributed by atoms with E-state index in [1.807, 2.05) is 0 Å². The van der Waals surface area contributed by atoms with Gasteiger partial charge in [-0.2, -0.15) is 0 Å². The van der Waals surface area contributed by atoms with E-state index < -0.39 is 6.10 Å². The highest BCUT2D eigenvalue weighted by Gasteiger charge is 2.19. The van der Waals surface area contributed by atoms with Gasteiger partial charge < -0.3 is 14.2 Å². The van der Waals surface area contributed by atoms with Gasteiger partial charge in [0.25, 0.3) is 0 Å². The van der Waals surface area contributed by atoms with Crippen molar-refractivity contribution in [1.29, 1.82) is 0 Å². The van der Waals surface area contributed by atoms with Crippen LogP contribution in [0.3, 0.4) is 0 Å². The van der Waals surface area contributed by atoms with Crippen molar-refractivity contribution in [3.8, 4) is 0 Å². The first-order chi connectivity index (χ1) is 25.5. The average molecular weight is 725 g/mol. The molecule has 0 bridgehead atoms. The summed E-state index contributed by atoms with van der Waals surface area (Å²) < 4.78 is 16.5. The maximum Gasteiger partial charge on any atom is 0.306 e. The van der Waals surface area contributed by atoms with Crippen LogP contribution in [-0.2, 0) is 28.6 Å². The standard InChI is InChI=1S/C46H76O6/c1-4-7-10-13-16-19-21-23-25-27-30-33-36-39-45(48)51-42-43(41-50-44(47)38-35-32-29-26-18-15-12-9-6-3)52-46(49)40-37-34-31-28-24-22-20-17-14-11-8-5-2/h8-9,11-12,17-18,20,23-26,28,43H,4-7,10,13-16,19,21-22,27,29-42H2,1-3H3/b11-8-,12-9-,20-17-,25-23-,26-18-,28-24-. The van der Waals surface area contributed by atoms with Crippen molar-refractivity contribution in [1.82, 2.24) is 0 Å². The SMILES string of the molecule is CC/C=C\C/C=C\C/C=C\CCCCC(=O)OC(COC(=O)CCCC/C=C\C/C=C\CC)COC(=O)CCCCC/C=C\CCCCCCCC. The molecule has 0 saturated heterocycles. The van der Waals surface area contributed by atoms with Gasteiger partial charge in [-0.15, -0.1) is 0 Å². The minimum Gasteiger partial charge on any atom is -0.462 e. The number of allylic oxidation sites excluding steroid dienone is 12. The van der Waals surface area contributed by atoms with Crippen molar-refractivity contribution in [3.63, 3.8) is 0 Å². The molecule has 0 aliphatic carbocycles. The topological polar surface area (TPSA) is 78.9 Å². The summed E-state index contributed by atoms with van der Waals surface area (Å²) in [6, 6.07) is 0. The zero-order chi connectivity index (χ0) is 38.0. The number of unbranched alkanes of at least 4 members (excludes halogenated alkanes) is 13. The van der Waals surface area contributed by atoms with Gasteiger partial charge in [0.1, 0.15) is 13.2 Å². The molecule has 52 heavy (non-hydrogen) atoms. The maximum absolute atomic E-state index is 12.6. The fourth-order valence-electron chi connectivity index (χ4n) is 5.31. The van der Waals surface area contributed by atoms with Crippen LogP contribution in [0.5, 0.6) is 0 Å². The summed E-state index contributed by atoms with van der Waals surface area (Å²) in [5.74, 6) is -1.01. The van der Waals surface area contributed by atoms with Crippen molar-refractivity contribution >= 4 is 17.9 Å². The third kappa shape index (κ3) is 38.1. The molecule has 6 heteroatoms. The second-order valence-corrected chi connectivity index (χ2v) is 13.5. The minimum atomic E-state index is -0.810. The molecule has 0 amide bonds. The van der Waals surface area contributed by atoms with E-state index in [4.69, 9.17) is 14.2 Å². The van der Waals surface area contributed by atoms with Gasteiger partial charge in [-0.05, 0) is 103 Å². The number of rotatable bonds is 36. The molecule has 6 nitrogen and oxygen atoms in total. The molecule has 0 saturated carbocycles. The largest absolute Gasteiger partial charge is 0.462 e. The Balaban J connectivity index is 4.50. The van der Waals surface area contributed by atoms with Crippen molar-refractivity contribution in [2.24, 2.45) is 0 Å². The van der Waals surface area contributed by atoms with Crippen LogP contribution in [0.2, 0.25) is 0 Å². The van der Waals surface area contributed by atoms with Crippen LogP contribution >= 0.6 is 0 Å². The molecule has 296 valence electrons. The number of ether oxygens (including phenoxy) is 3. The number of hydrogen-bond donors (Lipinski definition) is 0. The minimum absolute atomic E-state index is 0.110. The second kappa shape index (κ2) is 40.6. The Hall–Kier alpha value is -3.15. The van der Waals surface area contributed by atoms with Crippen LogP contribution in [0.4, 0.5) is 0 Å². The monoisotopic (exact) mass is 725 g/mol. The Kier molecular flexibility index (Phi) is 38.2. The molecule has 0 N–H and O–H groups in total. The zero-order valence-corrected chi connectivity index (χ0v) is 33.5. The Morgan fingerprint density at radius 1 is 0.404 bits per heavy atom. The normalized spacial score (nSPS) is 12.8. The number of carbonyl (C=O) groups is 3. The Morgan fingerprint density at radius 2 is 0.750 bits per heavy atom. The lowest BCUT2D eigenvalue weighted by molar-refractivity contribution is -0.167.